The predicted molar refractivity (Wildman–Crippen MR) is 161 cm³/mol. The van der Waals surface area contributed by atoms with Gasteiger partial charge in [0.25, 0.3) is 0 Å². The molecule has 2 fully saturated rings. The lowest BCUT2D eigenvalue weighted by atomic mass is 9.93. The van der Waals surface area contributed by atoms with Crippen LogP contribution in [0.2, 0.25) is 5.02 Å². The minimum absolute atomic E-state index is 0.00639. The monoisotopic (exact) mass is 621 g/mol. The fourth-order valence-electron chi connectivity index (χ4n) is 5.33. The summed E-state index contributed by atoms with van der Waals surface area (Å²) in [5, 5.41) is 3.90. The lowest BCUT2D eigenvalue weighted by Gasteiger charge is -2.30. The molecule has 42 heavy (non-hydrogen) atoms. The lowest BCUT2D eigenvalue weighted by Crippen LogP contribution is -2.41. The van der Waals surface area contributed by atoms with E-state index in [1.54, 1.807) is 6.07 Å². The Balaban J connectivity index is 1.21. The van der Waals surface area contributed by atoms with Crippen molar-refractivity contribution in [2.24, 2.45) is 0 Å². The van der Waals surface area contributed by atoms with E-state index in [1.807, 2.05) is 19.1 Å². The van der Waals surface area contributed by atoms with Gasteiger partial charge in [-0.05, 0) is 69.8 Å². The van der Waals surface area contributed by atoms with Crippen LogP contribution in [0, 0.1) is 5.82 Å². The zero-order valence-corrected chi connectivity index (χ0v) is 25.2. The molecule has 1 saturated carbocycles. The van der Waals surface area contributed by atoms with Crippen LogP contribution in [0.15, 0.2) is 36.7 Å². The summed E-state index contributed by atoms with van der Waals surface area (Å²) in [4.78, 5) is 11.0. The highest BCUT2D eigenvalue weighted by molar-refractivity contribution is 7.89. The maximum Gasteiger partial charge on any atom is 0.211 e. The van der Waals surface area contributed by atoms with Crippen molar-refractivity contribution in [2.45, 2.75) is 51.2 Å². The molecule has 0 amide bonds. The number of sulfonamides is 1. The number of rotatable bonds is 12. The standard InChI is InChI=1S/C29H37ClFN5O5S/c1-2-40-27-18-26-23(29(33-19-32-26)34-21-6-9-25(31)24(30)16-21)17-28(27)41-22-7-4-20(5-8-22)35-42(37,38)15-3-10-36-11-13-39-14-12-36/h6,9,16-20,22,35H,2-5,7-8,10-15H2,1H3,(H,32,33,34). The predicted octanol–water partition coefficient (Wildman–Crippen LogP) is 4.90. The smallest absolute Gasteiger partial charge is 0.211 e. The molecule has 1 saturated heterocycles. The number of anilines is 2. The number of aromatic nitrogens is 2. The third kappa shape index (κ3) is 8.19. The maximum absolute atomic E-state index is 13.6. The van der Waals surface area contributed by atoms with E-state index in [1.165, 1.54) is 18.5 Å². The van der Waals surface area contributed by atoms with Gasteiger partial charge in [0, 0.05) is 36.3 Å². The molecule has 2 aliphatic rings. The van der Waals surface area contributed by atoms with Crippen LogP contribution in [0.1, 0.15) is 39.0 Å². The van der Waals surface area contributed by atoms with Gasteiger partial charge in [-0.1, -0.05) is 11.6 Å². The summed E-state index contributed by atoms with van der Waals surface area (Å²) in [6.45, 7) is 6.24. The Kier molecular flexibility index (Phi) is 10.3. The number of halogens is 2. The first-order valence-electron chi connectivity index (χ1n) is 14.4. The molecule has 10 nitrogen and oxygen atoms in total. The molecular weight excluding hydrogens is 585 g/mol. The molecule has 1 aliphatic carbocycles. The molecule has 0 spiro atoms. The largest absolute Gasteiger partial charge is 0.490 e. The van der Waals surface area contributed by atoms with Crippen molar-refractivity contribution in [3.05, 3.63) is 47.5 Å². The van der Waals surface area contributed by atoms with E-state index >= 15 is 0 Å². The third-order valence-electron chi connectivity index (χ3n) is 7.49. The van der Waals surface area contributed by atoms with Crippen LogP contribution in [0.25, 0.3) is 10.9 Å². The van der Waals surface area contributed by atoms with Gasteiger partial charge in [-0.15, -0.1) is 0 Å². The number of ether oxygens (including phenoxy) is 3. The molecule has 2 aromatic carbocycles. The molecule has 228 valence electrons. The summed E-state index contributed by atoms with van der Waals surface area (Å²) in [6.07, 6.45) is 4.73. The highest BCUT2D eigenvalue weighted by atomic mass is 35.5. The molecule has 0 unspecified atom stereocenters. The average Bonchev–Trinajstić information content (AvgIpc) is 2.97. The molecule has 1 aromatic heterocycles. The van der Waals surface area contributed by atoms with Crippen LogP contribution in [-0.2, 0) is 14.8 Å². The van der Waals surface area contributed by atoms with Crippen molar-refractivity contribution in [2.75, 3.05) is 50.5 Å². The first-order chi connectivity index (χ1) is 20.3. The second-order valence-corrected chi connectivity index (χ2v) is 12.8. The molecule has 0 radical (unpaired) electrons. The normalized spacial score (nSPS) is 20.0. The van der Waals surface area contributed by atoms with E-state index in [9.17, 15) is 12.8 Å². The van der Waals surface area contributed by atoms with E-state index in [0.29, 0.717) is 85.8 Å². The van der Waals surface area contributed by atoms with Gasteiger partial charge in [-0.25, -0.2) is 27.5 Å². The van der Waals surface area contributed by atoms with E-state index in [4.69, 9.17) is 25.8 Å². The Hall–Kier alpha value is -2.77. The van der Waals surface area contributed by atoms with Crippen molar-refractivity contribution >= 4 is 44.0 Å². The number of nitrogens with zero attached hydrogens (tertiary/aromatic N) is 3. The van der Waals surface area contributed by atoms with Crippen LogP contribution in [0.3, 0.4) is 0 Å². The van der Waals surface area contributed by atoms with Gasteiger partial charge in [-0.2, -0.15) is 0 Å². The molecule has 5 rings (SSSR count). The number of benzene rings is 2. The van der Waals surface area contributed by atoms with E-state index < -0.39 is 15.8 Å². The van der Waals surface area contributed by atoms with Crippen molar-refractivity contribution in [1.82, 2.24) is 19.6 Å². The van der Waals surface area contributed by atoms with E-state index in [2.05, 4.69) is 24.9 Å². The molecule has 3 aromatic rings. The Morgan fingerprint density at radius 1 is 1.10 bits per heavy atom. The molecule has 1 aliphatic heterocycles. The summed E-state index contributed by atoms with van der Waals surface area (Å²) < 4.78 is 59.6. The maximum atomic E-state index is 13.6. The van der Waals surface area contributed by atoms with Gasteiger partial charge in [0.2, 0.25) is 10.0 Å². The van der Waals surface area contributed by atoms with Crippen molar-refractivity contribution < 1.29 is 27.0 Å². The Labute approximate surface area is 251 Å². The fourth-order valence-corrected chi connectivity index (χ4v) is 6.88. The molecule has 0 bridgehead atoms. The van der Waals surface area contributed by atoms with Gasteiger partial charge in [0.05, 0.1) is 42.2 Å². The van der Waals surface area contributed by atoms with Gasteiger partial charge in [0.15, 0.2) is 11.5 Å². The topological polar surface area (TPSA) is 115 Å². The SMILES string of the molecule is CCOc1cc2ncnc(Nc3ccc(F)c(Cl)c3)c2cc1OC1CCC(NS(=O)(=O)CCCN2CCOCC2)CC1. The number of morpholine rings is 1. The van der Waals surface area contributed by atoms with E-state index in [0.717, 1.165) is 19.6 Å². The Morgan fingerprint density at radius 3 is 2.62 bits per heavy atom. The second kappa shape index (κ2) is 14.1. The number of hydrogen-bond acceptors (Lipinski definition) is 9. The van der Waals surface area contributed by atoms with Crippen molar-refractivity contribution in [3.8, 4) is 11.5 Å². The van der Waals surface area contributed by atoms with E-state index in [-0.39, 0.29) is 22.9 Å². The summed E-state index contributed by atoms with van der Waals surface area (Å²) in [5.41, 5.74) is 1.24. The molecule has 13 heteroatoms. The Morgan fingerprint density at radius 2 is 1.88 bits per heavy atom. The third-order valence-corrected chi connectivity index (χ3v) is 9.30. The van der Waals surface area contributed by atoms with Gasteiger partial charge in [-0.3, -0.25) is 4.90 Å². The number of nitrogens with one attached hydrogen (secondary N) is 2. The number of fused-ring (bicyclic) bond motifs is 1. The lowest BCUT2D eigenvalue weighted by molar-refractivity contribution is 0.0381. The van der Waals surface area contributed by atoms with Gasteiger partial charge in [0.1, 0.15) is 18.0 Å². The van der Waals surface area contributed by atoms with Crippen LogP contribution in [-0.4, -0.2) is 80.6 Å². The van der Waals surface area contributed by atoms with Crippen LogP contribution >= 0.6 is 11.6 Å². The summed E-state index contributed by atoms with van der Waals surface area (Å²) in [6, 6.07) is 7.92. The first kappa shape index (κ1) is 30.7. The fraction of sp³-hybridized carbons (Fsp3) is 0.517. The van der Waals surface area contributed by atoms with Gasteiger partial charge < -0.3 is 19.5 Å². The summed E-state index contributed by atoms with van der Waals surface area (Å²) >= 11 is 5.96. The zero-order valence-electron chi connectivity index (χ0n) is 23.7. The minimum atomic E-state index is -3.35. The summed E-state index contributed by atoms with van der Waals surface area (Å²) in [5.74, 6) is 1.27. The average molecular weight is 622 g/mol. The molecule has 2 N–H and O–H groups in total. The number of hydrogen-bond donors (Lipinski definition) is 2. The highest BCUT2D eigenvalue weighted by Gasteiger charge is 2.27. The minimum Gasteiger partial charge on any atom is -0.490 e. The zero-order chi connectivity index (χ0) is 29.5. The molecule has 2 heterocycles. The highest BCUT2D eigenvalue weighted by Crippen LogP contribution is 2.37. The molecule has 0 atom stereocenters. The van der Waals surface area contributed by atoms with Crippen LogP contribution in [0.5, 0.6) is 11.5 Å². The quantitative estimate of drug-likeness (QED) is 0.291. The van der Waals surface area contributed by atoms with Crippen LogP contribution in [0.4, 0.5) is 15.9 Å². The Bertz CT molecular complexity index is 1470. The van der Waals surface area contributed by atoms with Crippen molar-refractivity contribution in [1.29, 1.82) is 0 Å². The van der Waals surface area contributed by atoms with Gasteiger partial charge >= 0.3 is 0 Å². The summed E-state index contributed by atoms with van der Waals surface area (Å²) in [7, 11) is -3.35. The second-order valence-electron chi connectivity index (χ2n) is 10.6. The first-order valence-corrected chi connectivity index (χ1v) is 16.4. The van der Waals surface area contributed by atoms with Crippen LogP contribution < -0.4 is 19.5 Å². The molecular formula is C29H37ClFN5O5S. The van der Waals surface area contributed by atoms with Crippen molar-refractivity contribution in [3.63, 3.8) is 0 Å².